The third kappa shape index (κ3) is 3.36. The van der Waals surface area contributed by atoms with Crippen LogP contribution in [0.3, 0.4) is 0 Å². The van der Waals surface area contributed by atoms with Crippen LogP contribution < -0.4 is 10.1 Å². The third-order valence-electron chi connectivity index (χ3n) is 2.98. The van der Waals surface area contributed by atoms with Gasteiger partial charge in [0.05, 0.1) is 11.8 Å². The van der Waals surface area contributed by atoms with Crippen molar-refractivity contribution in [3.05, 3.63) is 17.7 Å². The predicted molar refractivity (Wildman–Crippen MR) is 82.6 cm³/mol. The van der Waals surface area contributed by atoms with Crippen LogP contribution >= 0.6 is 11.3 Å². The molecule has 0 saturated carbocycles. The van der Waals surface area contributed by atoms with Crippen LogP contribution in [-0.4, -0.2) is 44.2 Å². The zero-order chi connectivity index (χ0) is 13.8. The number of anilines is 1. The van der Waals surface area contributed by atoms with Crippen molar-refractivity contribution in [1.29, 1.82) is 0 Å². The molecule has 0 atom stereocenters. The molecule has 19 heavy (non-hydrogen) atoms. The van der Waals surface area contributed by atoms with Gasteiger partial charge in [-0.15, -0.1) is 0 Å². The highest BCUT2D eigenvalue weighted by Crippen LogP contribution is 2.34. The highest BCUT2D eigenvalue weighted by atomic mass is 32.1. The first kappa shape index (κ1) is 14.1. The molecule has 4 nitrogen and oxygen atoms in total. The van der Waals surface area contributed by atoms with E-state index in [1.165, 1.54) is 10.3 Å². The second kappa shape index (κ2) is 6.21. The second-order valence-electron chi connectivity index (χ2n) is 4.87. The minimum Gasteiger partial charge on any atom is -0.494 e. The molecule has 0 spiro atoms. The molecule has 0 aliphatic carbocycles. The predicted octanol–water partition coefficient (Wildman–Crippen LogP) is 2.98. The summed E-state index contributed by atoms with van der Waals surface area (Å²) >= 11 is 1.70. The first-order valence-electron chi connectivity index (χ1n) is 6.44. The number of ether oxygens (including phenoxy) is 1. The summed E-state index contributed by atoms with van der Waals surface area (Å²) in [5.41, 5.74) is 2.21. The Kier molecular flexibility index (Phi) is 4.61. The van der Waals surface area contributed by atoms with Gasteiger partial charge in [-0.05, 0) is 45.6 Å². The summed E-state index contributed by atoms with van der Waals surface area (Å²) in [5.74, 6) is 0.846. The van der Waals surface area contributed by atoms with Crippen LogP contribution in [0.5, 0.6) is 5.75 Å². The summed E-state index contributed by atoms with van der Waals surface area (Å²) in [6.45, 7) is 4.13. The van der Waals surface area contributed by atoms with E-state index in [0.29, 0.717) is 0 Å². The zero-order valence-corrected chi connectivity index (χ0v) is 12.8. The Morgan fingerprint density at radius 3 is 2.84 bits per heavy atom. The zero-order valence-electron chi connectivity index (χ0n) is 12.0. The van der Waals surface area contributed by atoms with E-state index in [1.54, 1.807) is 18.4 Å². The van der Waals surface area contributed by atoms with E-state index in [9.17, 15) is 0 Å². The monoisotopic (exact) mass is 279 g/mol. The summed E-state index contributed by atoms with van der Waals surface area (Å²) in [6, 6.07) is 4.06. The van der Waals surface area contributed by atoms with Gasteiger partial charge in [0.2, 0.25) is 0 Å². The standard InChI is InChI=1S/C14H21N3OS/c1-10-6-7-11(18-4)12-13(10)19-14(16-12)15-8-5-9-17(2)3/h6-7H,5,8-9H2,1-4H3,(H,15,16). The van der Waals surface area contributed by atoms with Crippen LogP contribution in [0.1, 0.15) is 12.0 Å². The molecule has 104 valence electrons. The molecule has 1 N–H and O–H groups in total. The maximum absolute atomic E-state index is 5.36. The number of nitrogens with zero attached hydrogens (tertiary/aromatic N) is 2. The Labute approximate surface area is 118 Å². The van der Waals surface area contributed by atoms with E-state index in [1.807, 2.05) is 6.07 Å². The summed E-state index contributed by atoms with van der Waals surface area (Å²) in [5, 5.41) is 4.37. The number of benzene rings is 1. The Balaban J connectivity index is 2.10. The summed E-state index contributed by atoms with van der Waals surface area (Å²) < 4.78 is 6.57. The van der Waals surface area contributed by atoms with Gasteiger partial charge in [0.1, 0.15) is 11.3 Å². The Morgan fingerprint density at radius 1 is 1.37 bits per heavy atom. The summed E-state index contributed by atoms with van der Waals surface area (Å²) in [7, 11) is 5.87. The second-order valence-corrected chi connectivity index (χ2v) is 5.86. The lowest BCUT2D eigenvalue weighted by Crippen LogP contribution is -2.16. The van der Waals surface area contributed by atoms with Crippen molar-refractivity contribution in [2.75, 3.05) is 39.6 Å². The van der Waals surface area contributed by atoms with Crippen molar-refractivity contribution >= 4 is 26.7 Å². The molecule has 5 heteroatoms. The Bertz CT molecular complexity index is 551. The fraction of sp³-hybridized carbons (Fsp3) is 0.500. The number of nitrogens with one attached hydrogen (secondary N) is 1. The highest BCUT2D eigenvalue weighted by molar-refractivity contribution is 7.22. The number of hydrogen-bond acceptors (Lipinski definition) is 5. The van der Waals surface area contributed by atoms with Gasteiger partial charge in [0, 0.05) is 6.54 Å². The average Bonchev–Trinajstić information content (AvgIpc) is 2.80. The molecular formula is C14H21N3OS. The first-order valence-corrected chi connectivity index (χ1v) is 7.26. The van der Waals surface area contributed by atoms with E-state index in [2.05, 4.69) is 42.3 Å². The lowest BCUT2D eigenvalue weighted by atomic mass is 10.2. The molecule has 0 fully saturated rings. The van der Waals surface area contributed by atoms with E-state index in [0.717, 1.165) is 35.9 Å². The molecule has 1 aromatic carbocycles. The average molecular weight is 279 g/mol. The minimum absolute atomic E-state index is 0.846. The van der Waals surface area contributed by atoms with Gasteiger partial charge in [0.15, 0.2) is 5.13 Å². The van der Waals surface area contributed by atoms with E-state index < -0.39 is 0 Å². The Hall–Kier alpha value is -1.33. The van der Waals surface area contributed by atoms with Gasteiger partial charge >= 0.3 is 0 Å². The van der Waals surface area contributed by atoms with E-state index in [-0.39, 0.29) is 0 Å². The van der Waals surface area contributed by atoms with Crippen molar-refractivity contribution in [3.8, 4) is 5.75 Å². The molecule has 0 radical (unpaired) electrons. The van der Waals surface area contributed by atoms with Crippen LogP contribution in [0.25, 0.3) is 10.2 Å². The summed E-state index contributed by atoms with van der Waals surface area (Å²) in [6.07, 6.45) is 1.11. The van der Waals surface area contributed by atoms with Gasteiger partial charge < -0.3 is 15.0 Å². The van der Waals surface area contributed by atoms with E-state index in [4.69, 9.17) is 4.74 Å². The number of fused-ring (bicyclic) bond motifs is 1. The van der Waals surface area contributed by atoms with Crippen molar-refractivity contribution in [2.24, 2.45) is 0 Å². The molecule has 0 bridgehead atoms. The molecule has 2 aromatic rings. The molecule has 1 heterocycles. The van der Waals surface area contributed by atoms with Crippen molar-refractivity contribution in [3.63, 3.8) is 0 Å². The normalized spacial score (nSPS) is 11.2. The first-order chi connectivity index (χ1) is 9.11. The molecule has 0 unspecified atom stereocenters. The van der Waals surface area contributed by atoms with Crippen LogP contribution in [0.15, 0.2) is 12.1 Å². The number of thiazole rings is 1. The SMILES string of the molecule is COc1ccc(C)c2sc(NCCCN(C)C)nc12. The highest BCUT2D eigenvalue weighted by Gasteiger charge is 2.10. The minimum atomic E-state index is 0.846. The van der Waals surface area contributed by atoms with Crippen LogP contribution in [-0.2, 0) is 0 Å². The fourth-order valence-electron chi connectivity index (χ4n) is 1.94. The van der Waals surface area contributed by atoms with Crippen molar-refractivity contribution in [1.82, 2.24) is 9.88 Å². The van der Waals surface area contributed by atoms with Crippen LogP contribution in [0.2, 0.25) is 0 Å². The number of methoxy groups -OCH3 is 1. The van der Waals surface area contributed by atoms with E-state index >= 15 is 0 Å². The number of aromatic nitrogens is 1. The third-order valence-corrected chi connectivity index (χ3v) is 4.13. The maximum atomic E-state index is 5.36. The van der Waals surface area contributed by atoms with Crippen LogP contribution in [0.4, 0.5) is 5.13 Å². The van der Waals surface area contributed by atoms with Gasteiger partial charge in [0.25, 0.3) is 0 Å². The molecule has 2 rings (SSSR count). The molecule has 0 amide bonds. The molecular weight excluding hydrogens is 258 g/mol. The van der Waals surface area contributed by atoms with Gasteiger partial charge in [-0.3, -0.25) is 0 Å². The fourth-order valence-corrected chi connectivity index (χ4v) is 2.92. The smallest absolute Gasteiger partial charge is 0.183 e. The quantitative estimate of drug-likeness (QED) is 0.825. The van der Waals surface area contributed by atoms with Gasteiger partial charge in [-0.2, -0.15) is 0 Å². The molecule has 1 aromatic heterocycles. The number of aryl methyl sites for hydroxylation is 1. The topological polar surface area (TPSA) is 37.4 Å². The lowest BCUT2D eigenvalue weighted by Gasteiger charge is -2.08. The van der Waals surface area contributed by atoms with Gasteiger partial charge in [-0.1, -0.05) is 17.4 Å². The van der Waals surface area contributed by atoms with Gasteiger partial charge in [-0.25, -0.2) is 4.98 Å². The largest absolute Gasteiger partial charge is 0.494 e. The molecule has 0 aliphatic heterocycles. The number of rotatable bonds is 6. The number of hydrogen-bond donors (Lipinski definition) is 1. The molecule has 0 saturated heterocycles. The van der Waals surface area contributed by atoms with Crippen molar-refractivity contribution in [2.45, 2.75) is 13.3 Å². The summed E-state index contributed by atoms with van der Waals surface area (Å²) in [4.78, 5) is 6.82. The van der Waals surface area contributed by atoms with Crippen molar-refractivity contribution < 1.29 is 4.74 Å². The molecule has 0 aliphatic rings. The maximum Gasteiger partial charge on any atom is 0.183 e. The lowest BCUT2D eigenvalue weighted by molar-refractivity contribution is 0.405. The Morgan fingerprint density at radius 2 is 2.16 bits per heavy atom. The van der Waals surface area contributed by atoms with Crippen LogP contribution in [0, 0.1) is 6.92 Å².